The molecule has 8 heteroatoms. The van der Waals surface area contributed by atoms with Gasteiger partial charge in [0.15, 0.2) is 0 Å². The van der Waals surface area contributed by atoms with Gasteiger partial charge in [-0.2, -0.15) is 0 Å². The lowest BCUT2D eigenvalue weighted by Crippen LogP contribution is -2.58. The standard InChI is InChI=1S/C25H38N2O6/c1-6-10-14-26(13-7-2)22(30)20-25-12-11-24(9-4,33-25)19(23(31)32-15-8-3)18(25)21(29)27(20)17(5)16-28/h7-8,17-20,28H,2-3,6,9-16H2,1,4-5H3/t17-,18+,19+,20?,24-,25?/m1/s1. The second kappa shape index (κ2) is 9.97. The summed E-state index contributed by atoms with van der Waals surface area (Å²) in [6, 6.07) is -1.49. The summed E-state index contributed by atoms with van der Waals surface area (Å²) < 4.78 is 12.1. The Morgan fingerprint density at radius 1 is 1.33 bits per heavy atom. The van der Waals surface area contributed by atoms with Gasteiger partial charge in [-0.1, -0.05) is 39.0 Å². The molecule has 3 aliphatic rings. The third-order valence-electron chi connectivity index (χ3n) is 7.63. The molecule has 3 fully saturated rings. The summed E-state index contributed by atoms with van der Waals surface area (Å²) in [7, 11) is 0. The van der Waals surface area contributed by atoms with E-state index in [1.165, 1.54) is 11.0 Å². The van der Waals surface area contributed by atoms with Crippen LogP contribution in [0.5, 0.6) is 0 Å². The molecule has 0 aromatic rings. The Hall–Kier alpha value is -2.19. The number of carbonyl (C=O) groups excluding carboxylic acids is 3. The van der Waals surface area contributed by atoms with Crippen LogP contribution < -0.4 is 0 Å². The number of nitrogens with zero attached hydrogens (tertiary/aromatic N) is 2. The molecule has 3 aliphatic heterocycles. The number of aliphatic hydroxyl groups excluding tert-OH is 1. The van der Waals surface area contributed by atoms with Gasteiger partial charge >= 0.3 is 5.97 Å². The fourth-order valence-electron chi connectivity index (χ4n) is 6.06. The summed E-state index contributed by atoms with van der Waals surface area (Å²) in [4.78, 5) is 44.2. The highest BCUT2D eigenvalue weighted by molar-refractivity contribution is 5.98. The minimum Gasteiger partial charge on any atom is -0.461 e. The fourth-order valence-corrected chi connectivity index (χ4v) is 6.06. The van der Waals surface area contributed by atoms with E-state index in [0.29, 0.717) is 32.4 Å². The van der Waals surface area contributed by atoms with Crippen LogP contribution in [0.2, 0.25) is 0 Å². The van der Waals surface area contributed by atoms with Gasteiger partial charge in [0.1, 0.15) is 24.2 Å². The van der Waals surface area contributed by atoms with E-state index in [0.717, 1.165) is 12.8 Å². The zero-order chi connectivity index (χ0) is 24.4. The van der Waals surface area contributed by atoms with E-state index in [2.05, 4.69) is 20.1 Å². The minimum atomic E-state index is -1.11. The van der Waals surface area contributed by atoms with Crippen molar-refractivity contribution in [1.29, 1.82) is 0 Å². The van der Waals surface area contributed by atoms with Gasteiger partial charge in [-0.15, -0.1) is 6.58 Å². The first-order valence-corrected chi connectivity index (χ1v) is 12.1. The first-order valence-electron chi connectivity index (χ1n) is 12.1. The van der Waals surface area contributed by atoms with Crippen molar-refractivity contribution in [3.05, 3.63) is 25.3 Å². The summed E-state index contributed by atoms with van der Waals surface area (Å²) in [5.41, 5.74) is -1.95. The van der Waals surface area contributed by atoms with Gasteiger partial charge in [-0.3, -0.25) is 14.4 Å². The molecule has 8 nitrogen and oxygen atoms in total. The van der Waals surface area contributed by atoms with Crippen LogP contribution in [0, 0.1) is 11.8 Å². The molecule has 0 saturated carbocycles. The molecule has 0 radical (unpaired) electrons. The third-order valence-corrected chi connectivity index (χ3v) is 7.63. The molecule has 33 heavy (non-hydrogen) atoms. The number of hydrogen-bond donors (Lipinski definition) is 1. The second-order valence-corrected chi connectivity index (χ2v) is 9.46. The first-order chi connectivity index (χ1) is 15.8. The number of hydrogen-bond acceptors (Lipinski definition) is 6. The van der Waals surface area contributed by atoms with Crippen LogP contribution in [0.1, 0.15) is 52.9 Å². The van der Waals surface area contributed by atoms with Crippen molar-refractivity contribution in [2.45, 2.75) is 76.2 Å². The normalized spacial score (nSPS) is 33.0. The van der Waals surface area contributed by atoms with Crippen LogP contribution in [0.3, 0.4) is 0 Å². The number of carbonyl (C=O) groups is 3. The van der Waals surface area contributed by atoms with Crippen LogP contribution in [0.15, 0.2) is 25.3 Å². The maximum atomic E-state index is 14.0. The molecule has 3 saturated heterocycles. The van der Waals surface area contributed by atoms with Gasteiger partial charge < -0.3 is 24.4 Å². The number of ether oxygens (including phenoxy) is 2. The molecule has 2 bridgehead atoms. The minimum absolute atomic E-state index is 0.0479. The van der Waals surface area contributed by atoms with E-state index in [1.807, 2.05) is 6.92 Å². The van der Waals surface area contributed by atoms with Gasteiger partial charge in [0, 0.05) is 13.1 Å². The quantitative estimate of drug-likeness (QED) is 0.352. The Balaban J connectivity index is 2.08. The Labute approximate surface area is 196 Å². The van der Waals surface area contributed by atoms with Crippen LogP contribution in [0.4, 0.5) is 0 Å². The Morgan fingerprint density at radius 3 is 2.64 bits per heavy atom. The van der Waals surface area contributed by atoms with E-state index in [9.17, 15) is 19.5 Å². The van der Waals surface area contributed by atoms with E-state index in [-0.39, 0.29) is 25.0 Å². The highest BCUT2D eigenvalue weighted by Gasteiger charge is 2.79. The zero-order valence-electron chi connectivity index (χ0n) is 20.1. The number of unbranched alkanes of at least 4 members (excludes halogenated alkanes) is 1. The highest BCUT2D eigenvalue weighted by atomic mass is 16.6. The summed E-state index contributed by atoms with van der Waals surface area (Å²) in [5, 5.41) is 9.94. The predicted octanol–water partition coefficient (Wildman–Crippen LogP) is 2.07. The second-order valence-electron chi connectivity index (χ2n) is 9.46. The zero-order valence-corrected chi connectivity index (χ0v) is 20.1. The molecule has 184 valence electrons. The van der Waals surface area contributed by atoms with Crippen LogP contribution >= 0.6 is 0 Å². The summed E-state index contributed by atoms with van der Waals surface area (Å²) in [6.07, 6.45) is 6.52. The summed E-state index contributed by atoms with van der Waals surface area (Å²) in [5.74, 6) is -2.64. The SMILES string of the molecule is C=CCOC(=O)[C@@H]1[C@H]2C(=O)N([C@H](C)CO)C(C(=O)N(CC=C)CCCC)C23CC[C@@]1(CC)O3. The molecule has 2 unspecified atom stereocenters. The van der Waals surface area contributed by atoms with E-state index in [1.54, 1.807) is 17.9 Å². The van der Waals surface area contributed by atoms with Crippen LogP contribution in [-0.2, 0) is 23.9 Å². The van der Waals surface area contributed by atoms with Gasteiger partial charge in [-0.25, -0.2) is 0 Å². The fraction of sp³-hybridized carbons (Fsp3) is 0.720. The lowest BCUT2D eigenvalue weighted by atomic mass is 9.65. The number of fused-ring (bicyclic) bond motifs is 1. The first kappa shape index (κ1) is 25.4. The van der Waals surface area contributed by atoms with E-state index >= 15 is 0 Å². The lowest BCUT2D eigenvalue weighted by Gasteiger charge is -2.38. The number of esters is 1. The molecule has 1 N–H and O–H groups in total. The smallest absolute Gasteiger partial charge is 0.313 e. The Morgan fingerprint density at radius 2 is 2.06 bits per heavy atom. The number of aliphatic hydroxyl groups is 1. The Bertz CT molecular complexity index is 800. The van der Waals surface area contributed by atoms with Crippen LogP contribution in [-0.4, -0.2) is 82.3 Å². The molecular formula is C25H38N2O6. The average molecular weight is 463 g/mol. The number of likely N-dealkylation sites (tertiary alicyclic amines) is 1. The molecule has 3 heterocycles. The van der Waals surface area contributed by atoms with Crippen molar-refractivity contribution < 1.29 is 29.0 Å². The monoisotopic (exact) mass is 462 g/mol. The number of rotatable bonds is 12. The van der Waals surface area contributed by atoms with Gasteiger partial charge in [0.2, 0.25) is 11.8 Å². The molecule has 6 atom stereocenters. The maximum Gasteiger partial charge on any atom is 0.313 e. The van der Waals surface area contributed by atoms with Crippen molar-refractivity contribution in [3.63, 3.8) is 0 Å². The topological polar surface area (TPSA) is 96.4 Å². The third kappa shape index (κ3) is 3.91. The van der Waals surface area contributed by atoms with Crippen LogP contribution in [0.25, 0.3) is 0 Å². The van der Waals surface area contributed by atoms with Gasteiger partial charge in [0.05, 0.1) is 24.2 Å². The number of amides is 2. The largest absolute Gasteiger partial charge is 0.461 e. The maximum absolute atomic E-state index is 14.0. The van der Waals surface area contributed by atoms with E-state index < -0.39 is 41.1 Å². The van der Waals surface area contributed by atoms with E-state index in [4.69, 9.17) is 9.47 Å². The van der Waals surface area contributed by atoms with Gasteiger partial charge in [0.25, 0.3) is 0 Å². The van der Waals surface area contributed by atoms with Crippen molar-refractivity contribution in [2.24, 2.45) is 11.8 Å². The molecule has 2 amide bonds. The average Bonchev–Trinajstić information content (AvgIpc) is 3.42. The van der Waals surface area contributed by atoms with Crippen molar-refractivity contribution in [1.82, 2.24) is 9.80 Å². The van der Waals surface area contributed by atoms with Crippen molar-refractivity contribution >= 4 is 17.8 Å². The molecule has 0 aromatic carbocycles. The van der Waals surface area contributed by atoms with Crippen molar-refractivity contribution in [2.75, 3.05) is 26.3 Å². The molecule has 1 spiro atoms. The highest BCUT2D eigenvalue weighted by Crippen LogP contribution is 2.64. The molecular weight excluding hydrogens is 424 g/mol. The summed E-state index contributed by atoms with van der Waals surface area (Å²) in [6.45, 7) is 13.7. The molecule has 0 aromatic heterocycles. The predicted molar refractivity (Wildman–Crippen MR) is 123 cm³/mol. The lowest BCUT2D eigenvalue weighted by molar-refractivity contribution is -0.162. The summed E-state index contributed by atoms with van der Waals surface area (Å²) >= 11 is 0. The molecule has 3 rings (SSSR count). The van der Waals surface area contributed by atoms with Crippen molar-refractivity contribution in [3.8, 4) is 0 Å². The Kier molecular flexibility index (Phi) is 7.69. The molecule has 0 aliphatic carbocycles. The van der Waals surface area contributed by atoms with Gasteiger partial charge in [-0.05, 0) is 32.6 Å².